The van der Waals surface area contributed by atoms with Gasteiger partial charge in [0, 0.05) is 11.8 Å². The monoisotopic (exact) mass is 356 g/mol. The molecule has 4 rings (SSSR count). The van der Waals surface area contributed by atoms with Crippen molar-refractivity contribution in [3.63, 3.8) is 0 Å². The van der Waals surface area contributed by atoms with Crippen molar-refractivity contribution in [3.05, 3.63) is 64.7 Å². The van der Waals surface area contributed by atoms with Crippen molar-refractivity contribution in [1.82, 2.24) is 9.55 Å². The van der Waals surface area contributed by atoms with Gasteiger partial charge >= 0.3 is 0 Å². The number of para-hydroxylation sites is 1. The fraction of sp³-hybridized carbons (Fsp3) is 0.263. The number of hydrogen-bond donors (Lipinski definition) is 0. The Labute approximate surface area is 148 Å². The van der Waals surface area contributed by atoms with Crippen LogP contribution in [0.15, 0.2) is 58.5 Å². The topological polar surface area (TPSA) is 44.1 Å². The number of halogens is 1. The third-order valence-electron chi connectivity index (χ3n) is 4.08. The number of thioether (sulfide) groups is 1. The molecule has 3 aromatic rings. The minimum atomic E-state index is -0.282. The van der Waals surface area contributed by atoms with Crippen LogP contribution in [-0.4, -0.2) is 21.9 Å². The van der Waals surface area contributed by atoms with Crippen molar-refractivity contribution in [3.8, 4) is 5.75 Å². The molecule has 1 aliphatic carbocycles. The summed E-state index contributed by atoms with van der Waals surface area (Å²) in [5, 5.41) is 1.41. The minimum absolute atomic E-state index is 0.0371. The van der Waals surface area contributed by atoms with Crippen LogP contribution in [0.25, 0.3) is 10.9 Å². The maximum atomic E-state index is 12.9. The molecular weight excluding hydrogens is 339 g/mol. The third kappa shape index (κ3) is 3.54. The molecule has 0 radical (unpaired) electrons. The van der Waals surface area contributed by atoms with Gasteiger partial charge in [-0.15, -0.1) is 0 Å². The van der Waals surface area contributed by atoms with Gasteiger partial charge < -0.3 is 4.74 Å². The van der Waals surface area contributed by atoms with Gasteiger partial charge in [0.1, 0.15) is 11.6 Å². The Morgan fingerprint density at radius 1 is 1.16 bits per heavy atom. The molecule has 0 atom stereocenters. The Balaban J connectivity index is 1.50. The lowest BCUT2D eigenvalue weighted by Gasteiger charge is -2.12. The van der Waals surface area contributed by atoms with Crippen molar-refractivity contribution in [2.45, 2.75) is 24.0 Å². The standard InChI is InChI=1S/C19H17FN2O2S/c20-13-5-9-15(10-6-13)24-11-12-25-19-21-17-4-2-1-3-16(17)18(23)22(19)14-7-8-14/h1-6,9-10,14H,7-8,11-12H2. The van der Waals surface area contributed by atoms with Gasteiger partial charge in [0.2, 0.25) is 0 Å². The largest absolute Gasteiger partial charge is 0.493 e. The number of benzene rings is 2. The van der Waals surface area contributed by atoms with Crippen molar-refractivity contribution < 1.29 is 9.13 Å². The Bertz CT molecular complexity index is 952. The summed E-state index contributed by atoms with van der Waals surface area (Å²) in [7, 11) is 0. The number of fused-ring (bicyclic) bond motifs is 1. The van der Waals surface area contributed by atoms with Crippen molar-refractivity contribution in [1.29, 1.82) is 0 Å². The lowest BCUT2D eigenvalue weighted by Crippen LogP contribution is -2.22. The molecule has 0 unspecified atom stereocenters. The van der Waals surface area contributed by atoms with Gasteiger partial charge in [0.25, 0.3) is 5.56 Å². The second-order valence-corrected chi connectivity index (χ2v) is 7.03. The second-order valence-electron chi connectivity index (χ2n) is 5.97. The molecule has 1 aliphatic rings. The van der Waals surface area contributed by atoms with E-state index in [-0.39, 0.29) is 17.4 Å². The Morgan fingerprint density at radius 2 is 1.92 bits per heavy atom. The van der Waals surface area contributed by atoms with E-state index in [0.717, 1.165) is 23.5 Å². The first-order valence-electron chi connectivity index (χ1n) is 8.25. The first-order valence-corrected chi connectivity index (χ1v) is 9.23. The Kier molecular flexibility index (Phi) is 4.44. The van der Waals surface area contributed by atoms with Gasteiger partial charge in [0.15, 0.2) is 5.16 Å². The van der Waals surface area contributed by atoms with Crippen LogP contribution in [0.3, 0.4) is 0 Å². The maximum absolute atomic E-state index is 12.9. The molecule has 0 spiro atoms. The number of aromatic nitrogens is 2. The van der Waals surface area contributed by atoms with E-state index < -0.39 is 0 Å². The van der Waals surface area contributed by atoms with E-state index >= 15 is 0 Å². The van der Waals surface area contributed by atoms with Crippen LogP contribution >= 0.6 is 11.8 Å². The van der Waals surface area contributed by atoms with E-state index in [0.29, 0.717) is 23.5 Å². The van der Waals surface area contributed by atoms with E-state index in [2.05, 4.69) is 4.98 Å². The van der Waals surface area contributed by atoms with E-state index in [4.69, 9.17) is 4.74 Å². The van der Waals surface area contributed by atoms with Gasteiger partial charge in [-0.2, -0.15) is 0 Å². The van der Waals surface area contributed by atoms with Gasteiger partial charge in [-0.3, -0.25) is 9.36 Å². The van der Waals surface area contributed by atoms with E-state index in [1.165, 1.54) is 23.9 Å². The van der Waals surface area contributed by atoms with Crippen molar-refractivity contribution in [2.24, 2.45) is 0 Å². The van der Waals surface area contributed by atoms with E-state index in [9.17, 15) is 9.18 Å². The van der Waals surface area contributed by atoms with E-state index in [1.54, 1.807) is 12.1 Å². The van der Waals surface area contributed by atoms with Crippen LogP contribution in [0.2, 0.25) is 0 Å². The molecule has 0 aliphatic heterocycles. The zero-order chi connectivity index (χ0) is 17.2. The molecule has 1 saturated carbocycles. The summed E-state index contributed by atoms with van der Waals surface area (Å²) in [6.45, 7) is 0.462. The lowest BCUT2D eigenvalue weighted by molar-refractivity contribution is 0.343. The van der Waals surface area contributed by atoms with Crippen LogP contribution in [0, 0.1) is 5.82 Å². The lowest BCUT2D eigenvalue weighted by atomic mass is 10.2. The molecule has 2 aromatic carbocycles. The molecule has 0 saturated heterocycles. The average Bonchev–Trinajstić information content (AvgIpc) is 3.45. The summed E-state index contributed by atoms with van der Waals surface area (Å²) in [4.78, 5) is 17.4. The Hall–Kier alpha value is -2.34. The summed E-state index contributed by atoms with van der Waals surface area (Å²) in [5.74, 6) is 1.01. The summed E-state index contributed by atoms with van der Waals surface area (Å²) in [6.07, 6.45) is 2.05. The quantitative estimate of drug-likeness (QED) is 0.380. The molecule has 1 heterocycles. The van der Waals surface area contributed by atoms with Crippen LogP contribution in [-0.2, 0) is 0 Å². The van der Waals surface area contributed by atoms with Crippen LogP contribution in [0.1, 0.15) is 18.9 Å². The van der Waals surface area contributed by atoms with Crippen molar-refractivity contribution >= 4 is 22.7 Å². The van der Waals surface area contributed by atoms with Crippen LogP contribution < -0.4 is 10.3 Å². The molecule has 4 nitrogen and oxygen atoms in total. The van der Waals surface area contributed by atoms with Crippen LogP contribution in [0.4, 0.5) is 4.39 Å². The first-order chi connectivity index (χ1) is 12.2. The van der Waals surface area contributed by atoms with Gasteiger partial charge in [-0.1, -0.05) is 23.9 Å². The Morgan fingerprint density at radius 3 is 2.68 bits per heavy atom. The molecule has 1 fully saturated rings. The normalized spacial score (nSPS) is 14.0. The van der Waals surface area contributed by atoms with Crippen LogP contribution in [0.5, 0.6) is 5.75 Å². The molecule has 1 aromatic heterocycles. The summed E-state index contributed by atoms with van der Waals surface area (Å²) in [6, 6.07) is 13.7. The number of nitrogens with zero attached hydrogens (tertiary/aromatic N) is 2. The van der Waals surface area contributed by atoms with Gasteiger partial charge in [-0.05, 0) is 49.2 Å². The minimum Gasteiger partial charge on any atom is -0.493 e. The van der Waals surface area contributed by atoms with Gasteiger partial charge in [-0.25, -0.2) is 9.37 Å². The SMILES string of the molecule is O=c1c2ccccc2nc(SCCOc2ccc(F)cc2)n1C1CC1. The fourth-order valence-electron chi connectivity index (χ4n) is 2.71. The average molecular weight is 356 g/mol. The van der Waals surface area contributed by atoms with E-state index in [1.807, 2.05) is 28.8 Å². The number of ether oxygens (including phenoxy) is 1. The molecular formula is C19H17FN2O2S. The molecule has 0 N–H and O–H groups in total. The smallest absolute Gasteiger partial charge is 0.262 e. The zero-order valence-corrected chi connectivity index (χ0v) is 14.3. The zero-order valence-electron chi connectivity index (χ0n) is 13.5. The van der Waals surface area contributed by atoms with Gasteiger partial charge in [0.05, 0.1) is 17.5 Å². The predicted molar refractivity (Wildman–Crippen MR) is 96.9 cm³/mol. The first kappa shape index (κ1) is 16.1. The highest BCUT2D eigenvalue weighted by atomic mass is 32.2. The molecule has 0 amide bonds. The highest BCUT2D eigenvalue weighted by Crippen LogP contribution is 2.36. The van der Waals surface area contributed by atoms with Crippen molar-refractivity contribution in [2.75, 3.05) is 12.4 Å². The fourth-order valence-corrected chi connectivity index (χ4v) is 3.59. The molecule has 6 heteroatoms. The number of hydrogen-bond acceptors (Lipinski definition) is 4. The second kappa shape index (κ2) is 6.88. The number of rotatable bonds is 6. The molecule has 0 bridgehead atoms. The summed E-state index contributed by atoms with van der Waals surface area (Å²) < 4.78 is 20.3. The highest BCUT2D eigenvalue weighted by Gasteiger charge is 2.28. The molecule has 25 heavy (non-hydrogen) atoms. The summed E-state index contributed by atoms with van der Waals surface area (Å²) >= 11 is 1.52. The molecule has 128 valence electrons. The highest BCUT2D eigenvalue weighted by molar-refractivity contribution is 7.99. The predicted octanol–water partition coefficient (Wildman–Crippen LogP) is 4.04. The third-order valence-corrected chi connectivity index (χ3v) is 5.00. The summed E-state index contributed by atoms with van der Waals surface area (Å²) in [5.41, 5.74) is 0.765. The maximum Gasteiger partial charge on any atom is 0.262 e.